The second-order valence-corrected chi connectivity index (χ2v) is 8.80. The van der Waals surface area contributed by atoms with Gasteiger partial charge in [0.15, 0.2) is 9.84 Å². The molecule has 0 bridgehead atoms. The molecule has 0 spiro atoms. The fourth-order valence-electron chi connectivity index (χ4n) is 3.23. The van der Waals surface area contributed by atoms with E-state index in [2.05, 4.69) is 5.32 Å². The monoisotopic (exact) mass is 379 g/mol. The molecule has 8 heteroatoms. The molecule has 1 N–H and O–H groups in total. The topological polar surface area (TPSA) is 103 Å². The molecule has 1 aliphatic rings. The highest BCUT2D eigenvalue weighted by Gasteiger charge is 2.28. The second-order valence-electron chi connectivity index (χ2n) is 6.58. The van der Waals surface area contributed by atoms with Gasteiger partial charge in [-0.15, -0.1) is 0 Å². The number of ether oxygens (including phenoxy) is 1. The van der Waals surface area contributed by atoms with Gasteiger partial charge in [-0.2, -0.15) is 0 Å². The largest absolute Gasteiger partial charge is 0.496 e. The number of benzene rings is 1. The van der Waals surface area contributed by atoms with E-state index >= 15 is 0 Å². The van der Waals surface area contributed by atoms with Crippen LogP contribution in [0.15, 0.2) is 27.4 Å². The summed E-state index contributed by atoms with van der Waals surface area (Å²) in [7, 11) is -1.51. The first kappa shape index (κ1) is 18.4. The van der Waals surface area contributed by atoms with E-state index in [1.807, 2.05) is 13.0 Å². The van der Waals surface area contributed by atoms with Crippen LogP contribution in [0.3, 0.4) is 0 Å². The number of sulfone groups is 1. The molecule has 1 aromatic heterocycles. The van der Waals surface area contributed by atoms with Crippen LogP contribution in [0.1, 0.15) is 24.0 Å². The number of rotatable bonds is 5. The average Bonchev–Trinajstić information content (AvgIpc) is 2.90. The van der Waals surface area contributed by atoms with Crippen molar-refractivity contribution in [2.45, 2.75) is 32.2 Å². The van der Waals surface area contributed by atoms with Crippen LogP contribution in [0.2, 0.25) is 0 Å². The van der Waals surface area contributed by atoms with Gasteiger partial charge in [0.1, 0.15) is 11.3 Å². The van der Waals surface area contributed by atoms with Crippen molar-refractivity contribution in [3.05, 3.63) is 39.7 Å². The molecular weight excluding hydrogens is 358 g/mol. The predicted molar refractivity (Wildman–Crippen MR) is 97.3 cm³/mol. The Balaban J connectivity index is 1.74. The minimum Gasteiger partial charge on any atom is -0.496 e. The Morgan fingerprint density at radius 3 is 2.77 bits per heavy atom. The molecule has 2 heterocycles. The molecule has 2 aromatic rings. The summed E-state index contributed by atoms with van der Waals surface area (Å²) in [6, 6.07) is 4.63. The number of hydrogen-bond donors (Lipinski definition) is 1. The SMILES string of the molecule is COc1cc2oc(=O)cc(C)c2cc1CCC(=O)NC1CCS(=O)(=O)C1. The maximum absolute atomic E-state index is 12.2. The zero-order valence-electron chi connectivity index (χ0n) is 14.7. The van der Waals surface area contributed by atoms with Crippen LogP contribution >= 0.6 is 0 Å². The van der Waals surface area contributed by atoms with Gasteiger partial charge in [-0.3, -0.25) is 4.79 Å². The molecule has 1 unspecified atom stereocenters. The molecule has 0 aliphatic carbocycles. The first-order chi connectivity index (χ1) is 12.3. The van der Waals surface area contributed by atoms with Gasteiger partial charge < -0.3 is 14.5 Å². The summed E-state index contributed by atoms with van der Waals surface area (Å²) in [5.74, 6) is 0.491. The fourth-order valence-corrected chi connectivity index (χ4v) is 4.91. The highest BCUT2D eigenvalue weighted by atomic mass is 32.2. The number of amides is 1. The molecule has 3 rings (SSSR count). The zero-order chi connectivity index (χ0) is 18.9. The number of carbonyl (C=O) groups excluding carboxylic acids is 1. The van der Waals surface area contributed by atoms with Gasteiger partial charge in [0.05, 0.1) is 18.6 Å². The van der Waals surface area contributed by atoms with Crippen LogP contribution < -0.4 is 15.7 Å². The van der Waals surface area contributed by atoms with E-state index in [1.165, 1.54) is 13.2 Å². The summed E-state index contributed by atoms with van der Waals surface area (Å²) in [5.41, 5.74) is 1.64. The van der Waals surface area contributed by atoms with Crippen molar-refractivity contribution >= 4 is 26.7 Å². The van der Waals surface area contributed by atoms with Crippen LogP contribution in [-0.4, -0.2) is 39.0 Å². The number of nitrogens with one attached hydrogen (secondary N) is 1. The van der Waals surface area contributed by atoms with Crippen LogP contribution in [0, 0.1) is 6.92 Å². The van der Waals surface area contributed by atoms with Gasteiger partial charge in [-0.25, -0.2) is 13.2 Å². The summed E-state index contributed by atoms with van der Waals surface area (Å²) < 4.78 is 33.5. The Labute approximate surface area is 151 Å². The summed E-state index contributed by atoms with van der Waals surface area (Å²) in [5, 5.41) is 3.57. The van der Waals surface area contributed by atoms with Crippen LogP contribution in [0.5, 0.6) is 5.75 Å². The van der Waals surface area contributed by atoms with Crippen molar-refractivity contribution < 1.29 is 22.4 Å². The molecule has 26 heavy (non-hydrogen) atoms. The number of fused-ring (bicyclic) bond motifs is 1. The highest BCUT2D eigenvalue weighted by molar-refractivity contribution is 7.91. The third-order valence-corrected chi connectivity index (χ3v) is 6.34. The number of hydrogen-bond acceptors (Lipinski definition) is 6. The van der Waals surface area contributed by atoms with Crippen LogP contribution in [-0.2, 0) is 21.1 Å². The van der Waals surface area contributed by atoms with Crippen molar-refractivity contribution in [3.8, 4) is 5.75 Å². The fraction of sp³-hybridized carbons (Fsp3) is 0.444. The van der Waals surface area contributed by atoms with E-state index in [-0.39, 0.29) is 29.9 Å². The zero-order valence-corrected chi connectivity index (χ0v) is 15.5. The Kier molecular flexibility index (Phi) is 5.04. The molecule has 1 amide bonds. The Bertz CT molecular complexity index is 1010. The van der Waals surface area contributed by atoms with Crippen molar-refractivity contribution in [2.24, 2.45) is 0 Å². The van der Waals surface area contributed by atoms with Crippen molar-refractivity contribution in [3.63, 3.8) is 0 Å². The molecule has 7 nitrogen and oxygen atoms in total. The molecule has 140 valence electrons. The van der Waals surface area contributed by atoms with Gasteiger partial charge in [0, 0.05) is 30.0 Å². The van der Waals surface area contributed by atoms with E-state index in [0.717, 1.165) is 16.5 Å². The minimum absolute atomic E-state index is 0.0102. The van der Waals surface area contributed by atoms with E-state index in [4.69, 9.17) is 9.15 Å². The molecule has 0 saturated carbocycles. The lowest BCUT2D eigenvalue weighted by atomic mass is 10.0. The van der Waals surface area contributed by atoms with Gasteiger partial charge in [0.25, 0.3) is 0 Å². The lowest BCUT2D eigenvalue weighted by molar-refractivity contribution is -0.121. The second kappa shape index (κ2) is 7.11. The molecule has 1 aromatic carbocycles. The highest BCUT2D eigenvalue weighted by Crippen LogP contribution is 2.28. The Morgan fingerprint density at radius 1 is 1.35 bits per heavy atom. The van der Waals surface area contributed by atoms with Crippen molar-refractivity contribution in [2.75, 3.05) is 18.6 Å². The number of aryl methyl sites for hydroxylation is 2. The van der Waals surface area contributed by atoms with Gasteiger partial charge in [0.2, 0.25) is 5.91 Å². The Morgan fingerprint density at radius 2 is 2.12 bits per heavy atom. The molecule has 1 aliphatic heterocycles. The van der Waals surface area contributed by atoms with Crippen LogP contribution in [0.4, 0.5) is 0 Å². The van der Waals surface area contributed by atoms with Crippen LogP contribution in [0.25, 0.3) is 11.0 Å². The molecule has 1 atom stereocenters. The maximum atomic E-state index is 12.2. The minimum atomic E-state index is -3.02. The average molecular weight is 379 g/mol. The first-order valence-electron chi connectivity index (χ1n) is 8.38. The molecule has 0 radical (unpaired) electrons. The number of methoxy groups -OCH3 is 1. The molecular formula is C18H21NO6S. The third kappa shape index (κ3) is 4.07. The van der Waals surface area contributed by atoms with E-state index < -0.39 is 15.5 Å². The number of carbonyl (C=O) groups is 1. The summed E-state index contributed by atoms with van der Waals surface area (Å²) >= 11 is 0. The van der Waals surface area contributed by atoms with E-state index in [1.54, 1.807) is 6.07 Å². The standard InChI is InChI=1S/C18H21NO6S/c1-11-7-18(21)25-16-9-15(24-2)12(8-14(11)16)3-4-17(20)19-13-5-6-26(22,23)10-13/h7-9,13H,3-6,10H2,1-2H3,(H,19,20). The smallest absolute Gasteiger partial charge is 0.336 e. The summed E-state index contributed by atoms with van der Waals surface area (Å²) in [6.45, 7) is 1.82. The summed E-state index contributed by atoms with van der Waals surface area (Å²) in [6.07, 6.45) is 1.11. The van der Waals surface area contributed by atoms with Gasteiger partial charge >= 0.3 is 5.63 Å². The normalized spacial score (nSPS) is 18.8. The quantitative estimate of drug-likeness (QED) is 0.787. The maximum Gasteiger partial charge on any atom is 0.336 e. The van der Waals surface area contributed by atoms with E-state index in [9.17, 15) is 18.0 Å². The lowest BCUT2D eigenvalue weighted by Gasteiger charge is -2.13. The van der Waals surface area contributed by atoms with E-state index in [0.29, 0.717) is 24.2 Å². The Hall–Kier alpha value is -2.35. The van der Waals surface area contributed by atoms with Gasteiger partial charge in [-0.1, -0.05) is 0 Å². The van der Waals surface area contributed by atoms with Gasteiger partial charge in [-0.05, 0) is 37.0 Å². The van der Waals surface area contributed by atoms with Crippen molar-refractivity contribution in [1.29, 1.82) is 0 Å². The first-order valence-corrected chi connectivity index (χ1v) is 10.2. The predicted octanol–water partition coefficient (Wildman–Crippen LogP) is 1.35. The molecule has 1 fully saturated rings. The summed E-state index contributed by atoms with van der Waals surface area (Å²) in [4.78, 5) is 23.7. The lowest BCUT2D eigenvalue weighted by Crippen LogP contribution is -2.35. The third-order valence-electron chi connectivity index (χ3n) is 4.57. The van der Waals surface area contributed by atoms with Crippen molar-refractivity contribution in [1.82, 2.24) is 5.32 Å². The molecule has 1 saturated heterocycles.